The van der Waals surface area contributed by atoms with E-state index in [0.717, 1.165) is 25.0 Å². The molecule has 2 aromatic carbocycles. The third-order valence-electron chi connectivity index (χ3n) is 6.88. The van der Waals surface area contributed by atoms with Crippen molar-refractivity contribution in [2.24, 2.45) is 0 Å². The number of benzene rings is 2. The smallest absolute Gasteiger partial charge is 0.393 e. The largest absolute Gasteiger partial charge is 0.465 e. The van der Waals surface area contributed by atoms with Gasteiger partial charge in [0.05, 0.1) is 14.2 Å². The Morgan fingerprint density at radius 3 is 1.16 bits per heavy atom. The predicted molar refractivity (Wildman–Crippen MR) is 169 cm³/mol. The molecule has 4 rings (SSSR count). The zero-order chi connectivity index (χ0) is 37.4. The van der Waals surface area contributed by atoms with Crippen molar-refractivity contribution in [2.75, 3.05) is 24.9 Å². The van der Waals surface area contributed by atoms with Crippen LogP contribution in [0, 0.1) is 0 Å². The summed E-state index contributed by atoms with van der Waals surface area (Å²) >= 11 is 12.3. The van der Waals surface area contributed by atoms with Gasteiger partial charge in [0.1, 0.15) is 21.1 Å². The molecule has 2 heterocycles. The molecule has 50 heavy (non-hydrogen) atoms. The van der Waals surface area contributed by atoms with E-state index in [-0.39, 0.29) is 32.3 Å². The van der Waals surface area contributed by atoms with Crippen LogP contribution in [0.5, 0.6) is 0 Å². The van der Waals surface area contributed by atoms with E-state index in [1.807, 2.05) is 0 Å². The Kier molecular flexibility index (Phi) is 10.9. The van der Waals surface area contributed by atoms with Crippen LogP contribution in [0.2, 0.25) is 10.0 Å². The zero-order valence-electron chi connectivity index (χ0n) is 24.8. The van der Waals surface area contributed by atoms with Crippen LogP contribution in [0.1, 0.15) is 20.7 Å². The molecule has 4 aromatic rings. The molecule has 0 aliphatic carbocycles. The molecule has 266 valence electrons. The molecule has 0 bridgehead atoms. The van der Waals surface area contributed by atoms with Crippen molar-refractivity contribution in [3.8, 4) is 22.3 Å². The highest BCUT2D eigenvalue weighted by molar-refractivity contribution is 7.15. The molecule has 0 saturated carbocycles. The molecule has 0 aliphatic heterocycles. The molecule has 0 fully saturated rings. The number of esters is 2. The van der Waals surface area contributed by atoms with Crippen LogP contribution in [0.4, 0.5) is 45.1 Å². The van der Waals surface area contributed by atoms with E-state index < -0.39 is 68.6 Å². The first-order chi connectivity index (χ1) is 23.2. The maximum Gasteiger partial charge on any atom is 0.393 e. The number of nitrogens with one attached hydrogen (secondary N) is 2. The average molecular weight is 790 g/mol. The highest BCUT2D eigenvalue weighted by atomic mass is 35.5. The van der Waals surface area contributed by atoms with Gasteiger partial charge in [-0.15, -0.1) is 22.7 Å². The first-order valence-corrected chi connectivity index (χ1v) is 15.8. The van der Waals surface area contributed by atoms with Gasteiger partial charge in [-0.1, -0.05) is 47.5 Å². The second-order valence-electron chi connectivity index (χ2n) is 9.91. The Labute approximate surface area is 293 Å². The monoisotopic (exact) mass is 788 g/mol. The van der Waals surface area contributed by atoms with E-state index in [4.69, 9.17) is 23.2 Å². The average Bonchev–Trinajstić information content (AvgIpc) is 3.68. The third kappa shape index (κ3) is 6.76. The summed E-state index contributed by atoms with van der Waals surface area (Å²) in [5.74, 6) is -36.8. The van der Waals surface area contributed by atoms with E-state index in [1.165, 1.54) is 59.2 Å². The minimum atomic E-state index is -7.25. The molecule has 2 amide bonds. The molecule has 20 heteroatoms. The summed E-state index contributed by atoms with van der Waals surface area (Å²) in [5.41, 5.74) is -1.12. The van der Waals surface area contributed by atoms with Gasteiger partial charge in [-0.2, -0.15) is 35.1 Å². The van der Waals surface area contributed by atoms with Gasteiger partial charge in [0, 0.05) is 31.9 Å². The van der Waals surface area contributed by atoms with Gasteiger partial charge in [0.25, 0.3) is 0 Å². The number of thiophene rings is 2. The number of anilines is 2. The number of halogens is 10. The predicted octanol–water partition coefficient (Wildman–Crippen LogP) is 9.14. The molecule has 0 saturated heterocycles. The molecule has 0 aliphatic rings. The maximum absolute atomic E-state index is 14.9. The Morgan fingerprint density at radius 2 is 0.880 bits per heavy atom. The van der Waals surface area contributed by atoms with Crippen LogP contribution in [0.25, 0.3) is 22.3 Å². The van der Waals surface area contributed by atoms with Gasteiger partial charge >= 0.3 is 47.4 Å². The molecule has 0 unspecified atom stereocenters. The van der Waals surface area contributed by atoms with Crippen molar-refractivity contribution >= 4 is 79.6 Å². The van der Waals surface area contributed by atoms with Crippen LogP contribution in [-0.2, 0) is 19.1 Å². The Hall–Kier alpha value is -4.26. The van der Waals surface area contributed by atoms with Gasteiger partial charge in [-0.25, -0.2) is 9.59 Å². The number of ether oxygens (including phenoxy) is 2. The third-order valence-corrected chi connectivity index (χ3v) is 9.17. The quantitative estimate of drug-likeness (QED) is 0.116. The number of carbonyl (C=O) groups is 4. The van der Waals surface area contributed by atoms with Crippen molar-refractivity contribution in [1.82, 2.24) is 0 Å². The Balaban J connectivity index is 1.64. The standard InChI is InChI=1S/C30H18Cl2F8N2O6S2/c1-47-23(43)19-17(13-3-7-15(31)8-4-13)11-49-21(19)41-25(45)27(33,34)29(37,38)30(39,40)28(35,36)26(46)42-22-20(24(44)48-2)18(12-50-22)14-5-9-16(32)10-6-14/h3-12H,1-2H3,(H,41,45)(H,42,46). The Morgan fingerprint density at radius 1 is 0.580 bits per heavy atom. The summed E-state index contributed by atoms with van der Waals surface area (Å²) in [6.07, 6.45) is 0. The molecular weight excluding hydrogens is 771 g/mol. The van der Waals surface area contributed by atoms with E-state index in [1.54, 1.807) is 0 Å². The van der Waals surface area contributed by atoms with Crippen LogP contribution in [-0.4, -0.2) is 61.7 Å². The maximum atomic E-state index is 14.9. The number of amides is 2. The first kappa shape index (κ1) is 38.5. The molecular formula is C30H18Cl2F8N2O6S2. The van der Waals surface area contributed by atoms with Crippen LogP contribution in [0.15, 0.2) is 59.3 Å². The van der Waals surface area contributed by atoms with Crippen molar-refractivity contribution < 1.29 is 63.8 Å². The Bertz CT molecular complexity index is 1810. The van der Waals surface area contributed by atoms with Gasteiger partial charge in [0.2, 0.25) is 0 Å². The van der Waals surface area contributed by atoms with Crippen molar-refractivity contribution in [2.45, 2.75) is 23.7 Å². The second kappa shape index (κ2) is 14.2. The van der Waals surface area contributed by atoms with Gasteiger partial charge in [0.15, 0.2) is 0 Å². The van der Waals surface area contributed by atoms with E-state index in [9.17, 15) is 54.3 Å². The summed E-state index contributed by atoms with van der Waals surface area (Å²) in [4.78, 5) is 49.8. The lowest BCUT2D eigenvalue weighted by Gasteiger charge is -2.35. The zero-order valence-corrected chi connectivity index (χ0v) is 28.0. The number of alkyl halides is 8. The lowest BCUT2D eigenvalue weighted by Crippen LogP contribution is -2.67. The molecule has 0 spiro atoms. The fourth-order valence-corrected chi connectivity index (χ4v) is 6.39. The fraction of sp³-hybridized carbons (Fsp3) is 0.200. The normalized spacial score (nSPS) is 12.3. The van der Waals surface area contributed by atoms with E-state index in [2.05, 4.69) is 9.47 Å². The van der Waals surface area contributed by atoms with Gasteiger partial charge in [-0.3, -0.25) is 9.59 Å². The van der Waals surface area contributed by atoms with E-state index >= 15 is 0 Å². The number of hydrogen-bond acceptors (Lipinski definition) is 8. The summed E-state index contributed by atoms with van der Waals surface area (Å²) in [5, 5.41) is 3.30. The highest BCUT2D eigenvalue weighted by Crippen LogP contribution is 2.54. The number of hydrogen-bond donors (Lipinski definition) is 2. The lowest BCUT2D eigenvalue weighted by molar-refractivity contribution is -0.345. The van der Waals surface area contributed by atoms with Crippen LogP contribution < -0.4 is 10.6 Å². The van der Waals surface area contributed by atoms with Crippen molar-refractivity contribution in [1.29, 1.82) is 0 Å². The minimum Gasteiger partial charge on any atom is -0.465 e. The molecule has 8 nitrogen and oxygen atoms in total. The van der Waals surface area contributed by atoms with Crippen LogP contribution >= 0.6 is 45.9 Å². The summed E-state index contributed by atoms with van der Waals surface area (Å²) in [6, 6.07) is 10.8. The topological polar surface area (TPSA) is 111 Å². The molecule has 2 N–H and O–H groups in total. The molecule has 2 aromatic heterocycles. The minimum absolute atomic E-state index is 0.0865. The van der Waals surface area contributed by atoms with Crippen molar-refractivity contribution in [3.63, 3.8) is 0 Å². The number of methoxy groups -OCH3 is 2. The van der Waals surface area contributed by atoms with E-state index in [0.29, 0.717) is 22.7 Å². The fourth-order valence-electron chi connectivity index (χ4n) is 4.24. The van der Waals surface area contributed by atoms with Crippen molar-refractivity contribution in [3.05, 3.63) is 80.5 Å². The number of rotatable bonds is 11. The molecule has 0 radical (unpaired) electrons. The van der Waals surface area contributed by atoms with Crippen LogP contribution in [0.3, 0.4) is 0 Å². The molecule has 0 atom stereocenters. The van der Waals surface area contributed by atoms with Gasteiger partial charge < -0.3 is 20.1 Å². The summed E-state index contributed by atoms with van der Waals surface area (Å²) in [7, 11) is 1.69. The SMILES string of the molecule is COC(=O)c1c(-c2ccc(Cl)cc2)csc1NC(=O)C(F)(F)C(F)(F)C(F)(F)C(F)(F)C(=O)Nc1scc(-c2ccc(Cl)cc2)c1C(=O)OC. The number of carbonyl (C=O) groups excluding carboxylic acids is 4. The first-order valence-electron chi connectivity index (χ1n) is 13.3. The second-order valence-corrected chi connectivity index (χ2v) is 12.5. The summed E-state index contributed by atoms with van der Waals surface area (Å²) < 4.78 is 128. The lowest BCUT2D eigenvalue weighted by atomic mass is 9.97. The van der Waals surface area contributed by atoms with Gasteiger partial charge in [-0.05, 0) is 35.4 Å². The summed E-state index contributed by atoms with van der Waals surface area (Å²) in [6.45, 7) is 0. The highest BCUT2D eigenvalue weighted by Gasteiger charge is 2.84.